The van der Waals surface area contributed by atoms with Crippen molar-refractivity contribution in [2.75, 3.05) is 4.90 Å². The van der Waals surface area contributed by atoms with E-state index in [2.05, 4.69) is 148 Å². The number of hydrogen-bond acceptors (Lipinski definition) is 2. The summed E-state index contributed by atoms with van der Waals surface area (Å²) in [6.07, 6.45) is 9.48. The molecule has 0 radical (unpaired) electrons. The maximum atomic E-state index is 2.60. The van der Waals surface area contributed by atoms with Gasteiger partial charge in [-0.05, 0) is 144 Å². The fourth-order valence-corrected chi connectivity index (χ4v) is 13.1. The van der Waals surface area contributed by atoms with Crippen molar-refractivity contribution in [3.05, 3.63) is 138 Å². The quantitative estimate of drug-likeness (QED) is 0.187. The molecule has 0 saturated heterocycles. The van der Waals surface area contributed by atoms with E-state index in [1.54, 1.807) is 11.1 Å². The minimum absolute atomic E-state index is 0.103. The van der Waals surface area contributed by atoms with Crippen molar-refractivity contribution in [2.24, 2.45) is 23.7 Å². The Morgan fingerprint density at radius 1 is 0.540 bits per heavy atom. The van der Waals surface area contributed by atoms with Crippen LogP contribution in [-0.2, 0) is 16.2 Å². The van der Waals surface area contributed by atoms with Crippen molar-refractivity contribution in [1.29, 1.82) is 0 Å². The lowest BCUT2D eigenvalue weighted by Gasteiger charge is -2.63. The van der Waals surface area contributed by atoms with Crippen LogP contribution in [0.5, 0.6) is 0 Å². The molecule has 5 aromatic rings. The molecule has 11 rings (SSSR count). The van der Waals surface area contributed by atoms with E-state index in [-0.39, 0.29) is 16.2 Å². The number of benzene rings is 5. The number of hydrogen-bond donors (Lipinski definition) is 0. The van der Waals surface area contributed by atoms with Crippen LogP contribution in [-0.4, -0.2) is 0 Å². The molecule has 0 aromatic heterocycles. The van der Waals surface area contributed by atoms with Crippen molar-refractivity contribution in [2.45, 2.75) is 98.7 Å². The maximum Gasteiger partial charge on any atom is 0.0551 e. The summed E-state index contributed by atoms with van der Waals surface area (Å²) in [6, 6.07) is 44.5. The molecule has 5 aliphatic carbocycles. The Kier molecular flexibility index (Phi) is 6.90. The molecule has 5 aromatic carbocycles. The molecule has 0 N–H and O–H groups in total. The van der Waals surface area contributed by atoms with E-state index in [4.69, 9.17) is 0 Å². The third-order valence-electron chi connectivity index (χ3n) is 14.0. The highest BCUT2D eigenvalue weighted by Crippen LogP contribution is 2.70. The molecule has 1 spiro atoms. The van der Waals surface area contributed by atoms with Crippen LogP contribution in [0.25, 0.3) is 11.1 Å². The SMILES string of the molecule is CC1(C)CCC(C)(C)c2cc(N(c3ccccc3)c3ccc4c(c3-c3ccccc3)Sc3ccccc3C43C4CC5CC(C4)CC3C5)ccc21. The van der Waals surface area contributed by atoms with Gasteiger partial charge in [-0.1, -0.05) is 118 Å². The summed E-state index contributed by atoms with van der Waals surface area (Å²) in [6.45, 7) is 9.76. The third-order valence-corrected chi connectivity index (χ3v) is 15.2. The van der Waals surface area contributed by atoms with E-state index >= 15 is 0 Å². The maximum absolute atomic E-state index is 2.60. The predicted octanol–water partition coefficient (Wildman–Crippen LogP) is 13.4. The first kappa shape index (κ1) is 31.0. The monoisotopic (exact) mass is 671 g/mol. The van der Waals surface area contributed by atoms with Crippen molar-refractivity contribution < 1.29 is 0 Å². The average molecular weight is 672 g/mol. The second-order valence-electron chi connectivity index (χ2n) is 17.6. The lowest BCUT2D eigenvalue weighted by molar-refractivity contribution is -0.0443. The summed E-state index contributed by atoms with van der Waals surface area (Å²) >= 11 is 2.04. The molecule has 1 heterocycles. The largest absolute Gasteiger partial charge is 0.310 e. The van der Waals surface area contributed by atoms with Crippen LogP contribution in [0, 0.1) is 23.7 Å². The van der Waals surface area contributed by atoms with Crippen LogP contribution in [0.1, 0.15) is 94.9 Å². The molecule has 0 atom stereocenters. The molecule has 4 bridgehead atoms. The molecule has 4 saturated carbocycles. The first-order valence-electron chi connectivity index (χ1n) is 19.2. The Morgan fingerprint density at radius 2 is 1.14 bits per heavy atom. The number of rotatable bonds is 4. The van der Waals surface area contributed by atoms with Gasteiger partial charge in [0.15, 0.2) is 0 Å². The van der Waals surface area contributed by atoms with Gasteiger partial charge in [0, 0.05) is 32.1 Å². The van der Waals surface area contributed by atoms with Crippen LogP contribution >= 0.6 is 11.8 Å². The van der Waals surface area contributed by atoms with Gasteiger partial charge in [0.25, 0.3) is 0 Å². The summed E-state index contributed by atoms with van der Waals surface area (Å²) in [4.78, 5) is 5.54. The number of nitrogens with zero attached hydrogens (tertiary/aromatic N) is 1. The normalized spacial score (nSPS) is 27.8. The Morgan fingerprint density at radius 3 is 1.84 bits per heavy atom. The molecule has 4 fully saturated rings. The molecule has 1 aliphatic heterocycles. The summed E-state index contributed by atoms with van der Waals surface area (Å²) < 4.78 is 0. The number of para-hydroxylation sites is 1. The highest BCUT2D eigenvalue weighted by atomic mass is 32.2. The van der Waals surface area contributed by atoms with E-state index in [0.717, 1.165) is 23.7 Å². The first-order chi connectivity index (χ1) is 24.2. The Labute approximate surface area is 303 Å². The van der Waals surface area contributed by atoms with Gasteiger partial charge in [-0.3, -0.25) is 0 Å². The van der Waals surface area contributed by atoms with Gasteiger partial charge < -0.3 is 4.90 Å². The first-order valence-corrected chi connectivity index (χ1v) is 20.1. The highest BCUT2D eigenvalue weighted by molar-refractivity contribution is 7.99. The summed E-state index contributed by atoms with van der Waals surface area (Å²) in [5, 5.41) is 0. The molecular formula is C48H49NS. The summed E-state index contributed by atoms with van der Waals surface area (Å²) in [5.74, 6) is 3.30. The van der Waals surface area contributed by atoms with Crippen molar-refractivity contribution >= 4 is 28.8 Å². The molecule has 2 heteroatoms. The lowest BCUT2D eigenvalue weighted by atomic mass is 9.42. The van der Waals surface area contributed by atoms with Gasteiger partial charge in [0.05, 0.1) is 5.69 Å². The minimum atomic E-state index is 0.103. The second kappa shape index (κ2) is 11.1. The number of fused-ring (bicyclic) bond motifs is 3. The van der Waals surface area contributed by atoms with E-state index in [0.29, 0.717) is 0 Å². The number of anilines is 3. The van der Waals surface area contributed by atoms with Gasteiger partial charge in [-0.2, -0.15) is 0 Å². The van der Waals surface area contributed by atoms with Crippen LogP contribution in [0.4, 0.5) is 17.1 Å². The zero-order chi connectivity index (χ0) is 33.8. The smallest absolute Gasteiger partial charge is 0.0551 e. The van der Waals surface area contributed by atoms with Crippen LogP contribution < -0.4 is 4.90 Å². The van der Waals surface area contributed by atoms with Gasteiger partial charge >= 0.3 is 0 Å². The zero-order valence-electron chi connectivity index (χ0n) is 30.1. The van der Waals surface area contributed by atoms with Gasteiger partial charge in [-0.15, -0.1) is 0 Å². The highest BCUT2D eigenvalue weighted by Gasteiger charge is 2.61. The molecule has 6 aliphatic rings. The van der Waals surface area contributed by atoms with E-state index in [9.17, 15) is 0 Å². The average Bonchev–Trinajstić information content (AvgIpc) is 3.12. The van der Waals surface area contributed by atoms with Gasteiger partial charge in [-0.25, -0.2) is 0 Å². The van der Waals surface area contributed by atoms with Crippen molar-refractivity contribution in [3.8, 4) is 11.1 Å². The van der Waals surface area contributed by atoms with Gasteiger partial charge in [0.2, 0.25) is 0 Å². The molecule has 252 valence electrons. The molecule has 0 unspecified atom stereocenters. The topological polar surface area (TPSA) is 3.24 Å². The second-order valence-corrected chi connectivity index (χ2v) is 18.7. The summed E-state index contributed by atoms with van der Waals surface area (Å²) in [5.41, 5.74) is 13.1. The Bertz CT molecular complexity index is 2080. The Hall–Kier alpha value is -3.75. The van der Waals surface area contributed by atoms with Crippen LogP contribution in [0.3, 0.4) is 0 Å². The van der Waals surface area contributed by atoms with Crippen LogP contribution in [0.2, 0.25) is 0 Å². The standard InChI is InChI=1S/C48H49NS/c1-46(2)23-24-47(3,4)41-30-37(19-20-38(41)46)49(36-15-9-6-10-16-36)42-22-21-40-45(44(42)33-13-7-5-8-14-33)50-43-18-12-11-17-39(43)48(40)34-26-31-25-32(28-34)29-35(48)27-31/h5-22,30-32,34-35H,23-29H2,1-4H3. The molecule has 0 amide bonds. The fraction of sp³-hybridized carbons (Fsp3) is 0.375. The van der Waals surface area contributed by atoms with E-state index in [1.165, 1.54) is 94.1 Å². The van der Waals surface area contributed by atoms with E-state index < -0.39 is 0 Å². The van der Waals surface area contributed by atoms with Crippen molar-refractivity contribution in [3.63, 3.8) is 0 Å². The minimum Gasteiger partial charge on any atom is -0.310 e. The predicted molar refractivity (Wildman–Crippen MR) is 210 cm³/mol. The van der Waals surface area contributed by atoms with E-state index in [1.807, 2.05) is 11.8 Å². The fourth-order valence-electron chi connectivity index (χ4n) is 11.8. The van der Waals surface area contributed by atoms with Crippen molar-refractivity contribution in [1.82, 2.24) is 0 Å². The zero-order valence-corrected chi connectivity index (χ0v) is 30.9. The third kappa shape index (κ3) is 4.46. The summed E-state index contributed by atoms with van der Waals surface area (Å²) in [7, 11) is 0. The van der Waals surface area contributed by atoms with Crippen LogP contribution in [0.15, 0.2) is 125 Å². The molecule has 50 heavy (non-hydrogen) atoms. The molecular weight excluding hydrogens is 623 g/mol. The molecule has 1 nitrogen and oxygen atoms in total. The van der Waals surface area contributed by atoms with Gasteiger partial charge in [0.1, 0.15) is 0 Å². The lowest BCUT2D eigenvalue weighted by Crippen LogP contribution is -2.57. The Balaban J connectivity index is 1.25.